The van der Waals surface area contributed by atoms with Gasteiger partial charge in [0.05, 0.1) is 11.2 Å². The zero-order chi connectivity index (χ0) is 24.1. The molecule has 0 amide bonds. The minimum atomic E-state index is -0.407. The first-order chi connectivity index (χ1) is 15.4. The highest BCUT2D eigenvalue weighted by Gasteiger charge is 2.52. The smallest absolute Gasteiger partial charge is 0.486 e. The van der Waals surface area contributed by atoms with Gasteiger partial charge in [0.25, 0.3) is 0 Å². The summed E-state index contributed by atoms with van der Waals surface area (Å²) in [6, 6.07) is 9.84. The van der Waals surface area contributed by atoms with E-state index < -0.39 is 7.12 Å². The van der Waals surface area contributed by atoms with Crippen LogP contribution in [0.1, 0.15) is 49.9 Å². The van der Waals surface area contributed by atoms with E-state index in [1.54, 1.807) is 13.1 Å². The first-order valence-electron chi connectivity index (χ1n) is 11.1. The molecule has 1 fully saturated rings. The summed E-state index contributed by atoms with van der Waals surface area (Å²) in [5, 5.41) is 7.78. The molecule has 0 N–H and O–H groups in total. The predicted molar refractivity (Wildman–Crippen MR) is 127 cm³/mol. The van der Waals surface area contributed by atoms with Crippen molar-refractivity contribution >= 4 is 12.6 Å². The molecule has 33 heavy (non-hydrogen) atoms. The van der Waals surface area contributed by atoms with E-state index in [0.717, 1.165) is 27.7 Å². The molecule has 0 saturated carbocycles. The fourth-order valence-corrected chi connectivity index (χ4v) is 3.88. The Morgan fingerprint density at radius 2 is 1.64 bits per heavy atom. The number of benzene rings is 2. The van der Waals surface area contributed by atoms with Crippen molar-refractivity contribution < 1.29 is 14.0 Å². The van der Waals surface area contributed by atoms with Gasteiger partial charge in [0.15, 0.2) is 0 Å². The molecule has 9 heteroatoms. The monoisotopic (exact) mass is 450 g/mol. The van der Waals surface area contributed by atoms with E-state index >= 15 is 0 Å². The molecule has 1 aliphatic heterocycles. The topological polar surface area (TPSA) is 80.4 Å². The van der Waals surface area contributed by atoms with Crippen molar-refractivity contribution in [1.82, 2.24) is 19.8 Å². The number of nitrogens with zero attached hydrogens (tertiary/aromatic N) is 4. The molecule has 0 bridgehead atoms. The van der Waals surface area contributed by atoms with Gasteiger partial charge in [0.1, 0.15) is 18.0 Å². The second-order valence-corrected chi connectivity index (χ2v) is 9.73. The average molecular weight is 450 g/mol. The molecule has 2 heterocycles. The standard InChI is InChI=1S/C24H31BN4O4/c1-15-10-9-11-20(29-22(30)28(8)26-27-29)21(15)31-14-18-12-17(3)19(13-16(18)2)25-32-23(4,5)24(6,7)33-25/h9-13H,14H2,1-8H3. The lowest BCUT2D eigenvalue weighted by atomic mass is 9.75. The number of hydrogen-bond acceptors (Lipinski definition) is 6. The Kier molecular flexibility index (Phi) is 5.74. The number of ether oxygens (including phenoxy) is 1. The Labute approximate surface area is 194 Å². The second kappa shape index (κ2) is 8.15. The van der Waals surface area contributed by atoms with Crippen molar-refractivity contribution in [2.75, 3.05) is 0 Å². The molecule has 0 atom stereocenters. The normalized spacial score (nSPS) is 16.9. The highest BCUT2D eigenvalue weighted by Crippen LogP contribution is 2.37. The summed E-state index contributed by atoms with van der Waals surface area (Å²) in [7, 11) is 1.16. The Morgan fingerprint density at radius 1 is 0.970 bits per heavy atom. The highest BCUT2D eigenvalue weighted by molar-refractivity contribution is 6.62. The van der Waals surface area contributed by atoms with Crippen LogP contribution >= 0.6 is 0 Å². The molecule has 1 saturated heterocycles. The van der Waals surface area contributed by atoms with Crippen molar-refractivity contribution in [3.05, 3.63) is 63.1 Å². The van der Waals surface area contributed by atoms with Gasteiger partial charge in [-0.25, -0.2) is 4.79 Å². The molecule has 8 nitrogen and oxygen atoms in total. The van der Waals surface area contributed by atoms with Gasteiger partial charge in [-0.2, -0.15) is 9.36 Å². The van der Waals surface area contributed by atoms with Crippen LogP contribution in [-0.4, -0.2) is 38.1 Å². The summed E-state index contributed by atoms with van der Waals surface area (Å²) in [6.45, 7) is 14.6. The molecule has 0 spiro atoms. The minimum absolute atomic E-state index is 0.329. The SMILES string of the molecule is Cc1cc(B2OC(C)(C)C(C)(C)O2)c(C)cc1COc1c(C)cccc1-n1nnn(C)c1=O. The molecule has 3 aromatic rings. The van der Waals surface area contributed by atoms with Gasteiger partial charge in [-0.15, -0.1) is 0 Å². The zero-order valence-corrected chi connectivity index (χ0v) is 20.6. The molecular weight excluding hydrogens is 419 g/mol. The molecule has 1 aliphatic rings. The summed E-state index contributed by atoms with van der Waals surface area (Å²) >= 11 is 0. The van der Waals surface area contributed by atoms with Crippen LogP contribution in [0.25, 0.3) is 5.69 Å². The van der Waals surface area contributed by atoms with Gasteiger partial charge < -0.3 is 14.0 Å². The van der Waals surface area contributed by atoms with Gasteiger partial charge in [-0.05, 0) is 87.1 Å². The molecular formula is C24H31BN4O4. The Morgan fingerprint density at radius 3 is 2.24 bits per heavy atom. The van der Waals surface area contributed by atoms with E-state index in [1.807, 2.05) is 19.1 Å². The maximum absolute atomic E-state index is 12.4. The van der Waals surface area contributed by atoms with Crippen molar-refractivity contribution in [2.45, 2.75) is 66.3 Å². The second-order valence-electron chi connectivity index (χ2n) is 9.73. The van der Waals surface area contributed by atoms with E-state index in [1.165, 1.54) is 9.36 Å². The van der Waals surface area contributed by atoms with E-state index in [2.05, 4.69) is 64.1 Å². The van der Waals surface area contributed by atoms with Gasteiger partial charge in [0, 0.05) is 7.05 Å². The fraction of sp³-hybridized carbons (Fsp3) is 0.458. The van der Waals surface area contributed by atoms with Crippen LogP contribution in [0.2, 0.25) is 0 Å². The van der Waals surface area contributed by atoms with Gasteiger partial charge in [-0.3, -0.25) is 0 Å². The molecule has 0 unspecified atom stereocenters. The molecule has 4 rings (SSSR count). The lowest BCUT2D eigenvalue weighted by molar-refractivity contribution is 0.00578. The fourth-order valence-electron chi connectivity index (χ4n) is 3.88. The molecule has 0 aliphatic carbocycles. The van der Waals surface area contributed by atoms with Crippen molar-refractivity contribution in [1.29, 1.82) is 0 Å². The summed E-state index contributed by atoms with van der Waals surface area (Å²) in [5.41, 5.74) is 4.60. The van der Waals surface area contributed by atoms with Crippen molar-refractivity contribution in [3.63, 3.8) is 0 Å². The average Bonchev–Trinajstić information content (AvgIpc) is 3.17. The Hall–Kier alpha value is -2.91. The first-order valence-corrected chi connectivity index (χ1v) is 11.1. The highest BCUT2D eigenvalue weighted by atomic mass is 16.7. The number of rotatable bonds is 5. The quantitative estimate of drug-likeness (QED) is 0.557. The maximum atomic E-state index is 12.4. The largest absolute Gasteiger partial charge is 0.495 e. The molecule has 2 aromatic carbocycles. The van der Waals surface area contributed by atoms with E-state index in [4.69, 9.17) is 14.0 Å². The Balaban J connectivity index is 1.61. The lowest BCUT2D eigenvalue weighted by Crippen LogP contribution is -2.41. The molecule has 174 valence electrons. The van der Waals surface area contributed by atoms with E-state index in [-0.39, 0.29) is 16.9 Å². The summed E-state index contributed by atoms with van der Waals surface area (Å²) < 4.78 is 21.2. The summed E-state index contributed by atoms with van der Waals surface area (Å²) in [5.74, 6) is 0.604. The summed E-state index contributed by atoms with van der Waals surface area (Å²) in [4.78, 5) is 12.4. The summed E-state index contributed by atoms with van der Waals surface area (Å²) in [6.07, 6.45) is 0. The van der Waals surface area contributed by atoms with Gasteiger partial charge in [-0.1, -0.05) is 29.8 Å². The van der Waals surface area contributed by atoms with E-state index in [9.17, 15) is 4.79 Å². The number of hydrogen-bond donors (Lipinski definition) is 0. The van der Waals surface area contributed by atoms with Crippen LogP contribution in [0.5, 0.6) is 5.75 Å². The Bertz CT molecular complexity index is 1250. The number of para-hydroxylation sites is 1. The van der Waals surface area contributed by atoms with Crippen LogP contribution in [0.3, 0.4) is 0 Å². The minimum Gasteiger partial charge on any atom is -0.486 e. The first kappa shape index (κ1) is 23.3. The predicted octanol–water partition coefficient (Wildman–Crippen LogP) is 2.77. The molecule has 1 aromatic heterocycles. The third kappa shape index (κ3) is 4.11. The zero-order valence-electron chi connectivity index (χ0n) is 20.6. The third-order valence-electron chi connectivity index (χ3n) is 6.74. The van der Waals surface area contributed by atoms with Crippen molar-refractivity contribution in [3.8, 4) is 11.4 Å². The van der Waals surface area contributed by atoms with Crippen LogP contribution in [0, 0.1) is 20.8 Å². The van der Waals surface area contributed by atoms with Crippen LogP contribution in [0.4, 0.5) is 0 Å². The maximum Gasteiger partial charge on any atom is 0.495 e. The van der Waals surface area contributed by atoms with Crippen LogP contribution < -0.4 is 15.9 Å². The third-order valence-corrected chi connectivity index (χ3v) is 6.74. The van der Waals surface area contributed by atoms with Gasteiger partial charge >= 0.3 is 12.8 Å². The van der Waals surface area contributed by atoms with Crippen LogP contribution in [-0.2, 0) is 23.0 Å². The van der Waals surface area contributed by atoms with E-state index in [0.29, 0.717) is 18.0 Å². The number of tetrazole rings is 1. The lowest BCUT2D eigenvalue weighted by Gasteiger charge is -2.32. The van der Waals surface area contributed by atoms with Gasteiger partial charge in [0.2, 0.25) is 0 Å². The molecule has 0 radical (unpaired) electrons. The van der Waals surface area contributed by atoms with Crippen LogP contribution in [0.15, 0.2) is 35.1 Å². The van der Waals surface area contributed by atoms with Crippen molar-refractivity contribution in [2.24, 2.45) is 7.05 Å². The number of aromatic nitrogens is 4. The number of aryl methyl sites for hydroxylation is 4.